The van der Waals surface area contributed by atoms with Crippen LogP contribution in [-0.2, 0) is 14.3 Å². The van der Waals surface area contributed by atoms with Gasteiger partial charge in [0.25, 0.3) is 0 Å². The van der Waals surface area contributed by atoms with Crippen LogP contribution in [0.4, 0.5) is 10.8 Å². The van der Waals surface area contributed by atoms with Crippen LogP contribution in [0.1, 0.15) is 54.1 Å². The van der Waals surface area contributed by atoms with Crippen LogP contribution in [0.3, 0.4) is 0 Å². The first-order valence-electron chi connectivity index (χ1n) is 13.5. The van der Waals surface area contributed by atoms with Crippen molar-refractivity contribution < 1.29 is 19.1 Å². The number of hydrogen-bond acceptors (Lipinski definition) is 11. The van der Waals surface area contributed by atoms with Crippen molar-refractivity contribution in [1.82, 2.24) is 10.2 Å². The highest BCUT2D eigenvalue weighted by molar-refractivity contribution is 8.01. The fraction of sp³-hybridized carbons (Fsp3) is 0.290. The van der Waals surface area contributed by atoms with Gasteiger partial charge in [0.2, 0.25) is 11.0 Å². The van der Waals surface area contributed by atoms with Gasteiger partial charge in [-0.1, -0.05) is 66.8 Å². The van der Waals surface area contributed by atoms with Gasteiger partial charge in [0.05, 0.1) is 36.0 Å². The fourth-order valence-electron chi connectivity index (χ4n) is 5.39. The number of Topliss-reactive ketones (excluding diaryl/α,β-unsaturated/α-hetero) is 1. The number of rotatable bonds is 7. The van der Waals surface area contributed by atoms with Gasteiger partial charge in [-0.05, 0) is 48.6 Å². The maximum absolute atomic E-state index is 13.7. The molecular formula is C31H30N6O4S2. The summed E-state index contributed by atoms with van der Waals surface area (Å²) in [6, 6.07) is 16.5. The maximum atomic E-state index is 13.7. The number of hydrogen-bond donors (Lipinski definition) is 2. The minimum absolute atomic E-state index is 0.0154. The Morgan fingerprint density at radius 1 is 1.21 bits per heavy atom. The molecule has 1 aliphatic carbocycles. The molecule has 2 aliphatic rings. The summed E-state index contributed by atoms with van der Waals surface area (Å²) in [7, 11) is 1.31. The van der Waals surface area contributed by atoms with E-state index in [9.17, 15) is 19.6 Å². The second-order valence-corrected chi connectivity index (χ2v) is 13.3. The molecule has 2 aromatic carbocycles. The molecule has 0 saturated heterocycles. The Labute approximate surface area is 257 Å². The van der Waals surface area contributed by atoms with Gasteiger partial charge in [-0.25, -0.2) is 4.79 Å². The van der Waals surface area contributed by atoms with Gasteiger partial charge in [-0.2, -0.15) is 5.26 Å². The standard InChI is InChI=1S/C31H30N6O4S2/c1-17-6-5-7-19(12-17)25-21(15-32)27(33)37(22-13-31(2,3)14-23(38)26(22)25)29-35-36-30(43-29)42-16-24(39)34-20-10-8-18(9-11-20)28(40)41-4/h5-12,25H,13-14,16,33H2,1-4H3,(H,34,39). The van der Waals surface area contributed by atoms with Gasteiger partial charge in [0, 0.05) is 23.4 Å². The molecular weight excluding hydrogens is 585 g/mol. The number of carbonyl (C=O) groups excluding carboxylic acids is 3. The molecule has 10 nitrogen and oxygen atoms in total. The lowest BCUT2D eigenvalue weighted by atomic mass is 9.68. The van der Waals surface area contributed by atoms with E-state index >= 15 is 0 Å². The zero-order valence-corrected chi connectivity index (χ0v) is 25.8. The summed E-state index contributed by atoms with van der Waals surface area (Å²) in [5.74, 6) is -1.01. The average molecular weight is 615 g/mol. The molecule has 1 unspecified atom stereocenters. The van der Waals surface area contributed by atoms with E-state index in [1.165, 1.54) is 30.2 Å². The fourth-order valence-corrected chi connectivity index (χ4v) is 7.07. The lowest BCUT2D eigenvalue weighted by molar-refractivity contribution is -0.118. The van der Waals surface area contributed by atoms with Crippen LogP contribution in [0.25, 0.3) is 0 Å². The van der Waals surface area contributed by atoms with E-state index in [-0.39, 0.29) is 28.7 Å². The number of thioether (sulfide) groups is 1. The molecule has 12 heteroatoms. The average Bonchev–Trinajstić information content (AvgIpc) is 3.43. The largest absolute Gasteiger partial charge is 0.465 e. The first-order valence-corrected chi connectivity index (χ1v) is 15.3. The minimum atomic E-state index is -0.563. The number of nitriles is 1. The summed E-state index contributed by atoms with van der Waals surface area (Å²) in [6.45, 7) is 6.05. The second kappa shape index (κ2) is 12.0. The Hall–Kier alpha value is -4.47. The van der Waals surface area contributed by atoms with Crippen LogP contribution in [-0.4, -0.2) is 40.7 Å². The smallest absolute Gasteiger partial charge is 0.337 e. The lowest BCUT2D eigenvalue weighted by Gasteiger charge is -2.42. The monoisotopic (exact) mass is 614 g/mol. The molecule has 3 aromatic rings. The summed E-state index contributed by atoms with van der Waals surface area (Å²) in [5.41, 5.74) is 10.8. The molecule has 5 rings (SSSR count). The van der Waals surface area contributed by atoms with Crippen molar-refractivity contribution in [3.8, 4) is 6.07 Å². The number of nitrogens with one attached hydrogen (secondary N) is 1. The summed E-state index contributed by atoms with van der Waals surface area (Å²) < 4.78 is 5.22. The van der Waals surface area contributed by atoms with E-state index in [1.807, 2.05) is 45.0 Å². The molecule has 0 spiro atoms. The third kappa shape index (κ3) is 6.18. The van der Waals surface area contributed by atoms with E-state index in [0.29, 0.717) is 44.7 Å². The van der Waals surface area contributed by atoms with Crippen LogP contribution in [0.5, 0.6) is 0 Å². The number of ketones is 1. The molecule has 1 amide bonds. The minimum Gasteiger partial charge on any atom is -0.465 e. The van der Waals surface area contributed by atoms with E-state index < -0.39 is 11.9 Å². The van der Waals surface area contributed by atoms with Crippen molar-refractivity contribution in [2.24, 2.45) is 11.1 Å². The number of esters is 1. The Bertz CT molecular complexity index is 1720. The zero-order valence-electron chi connectivity index (χ0n) is 24.1. The third-order valence-corrected chi connectivity index (χ3v) is 9.30. The SMILES string of the molecule is COC(=O)c1ccc(NC(=O)CSc2nnc(N3C(N)=C(C#N)C(c4cccc(C)c4)C4=C3CC(C)(C)CC4=O)s2)cc1. The maximum Gasteiger partial charge on any atom is 0.337 e. The number of nitrogens with two attached hydrogens (primary N) is 1. The van der Waals surface area contributed by atoms with Gasteiger partial charge in [0.1, 0.15) is 5.82 Å². The molecule has 43 heavy (non-hydrogen) atoms. The van der Waals surface area contributed by atoms with Crippen molar-refractivity contribution in [3.05, 3.63) is 87.9 Å². The quantitative estimate of drug-likeness (QED) is 0.265. The van der Waals surface area contributed by atoms with Gasteiger partial charge < -0.3 is 15.8 Å². The van der Waals surface area contributed by atoms with Gasteiger partial charge in [-0.3, -0.25) is 14.5 Å². The molecule has 0 saturated carbocycles. The topological polar surface area (TPSA) is 151 Å². The number of carbonyl (C=O) groups is 3. The zero-order chi connectivity index (χ0) is 30.9. The molecule has 2 heterocycles. The third-order valence-electron chi connectivity index (χ3n) is 7.26. The molecule has 0 radical (unpaired) electrons. The van der Waals surface area contributed by atoms with Crippen molar-refractivity contribution in [1.29, 1.82) is 5.26 Å². The molecule has 1 aliphatic heterocycles. The van der Waals surface area contributed by atoms with Crippen molar-refractivity contribution >= 4 is 51.6 Å². The van der Waals surface area contributed by atoms with E-state index in [1.54, 1.807) is 29.2 Å². The molecule has 0 fully saturated rings. The Kier molecular flexibility index (Phi) is 8.39. The Morgan fingerprint density at radius 2 is 1.95 bits per heavy atom. The Morgan fingerprint density at radius 3 is 2.63 bits per heavy atom. The van der Waals surface area contributed by atoms with Crippen molar-refractivity contribution in [2.45, 2.75) is 43.9 Å². The molecule has 1 aromatic heterocycles. The molecule has 220 valence electrons. The first-order chi connectivity index (χ1) is 20.5. The van der Waals surface area contributed by atoms with Crippen molar-refractivity contribution in [2.75, 3.05) is 23.1 Å². The summed E-state index contributed by atoms with van der Waals surface area (Å²) in [4.78, 5) is 39.6. The van der Waals surface area contributed by atoms with E-state index in [2.05, 4.69) is 21.6 Å². The summed E-state index contributed by atoms with van der Waals surface area (Å²) >= 11 is 2.44. The number of aromatic nitrogens is 2. The van der Waals surface area contributed by atoms with Gasteiger partial charge >= 0.3 is 5.97 Å². The highest BCUT2D eigenvalue weighted by Gasteiger charge is 2.45. The second-order valence-electron chi connectivity index (χ2n) is 11.2. The van der Waals surface area contributed by atoms with Crippen LogP contribution >= 0.6 is 23.1 Å². The molecule has 0 bridgehead atoms. The molecule has 1 atom stereocenters. The summed E-state index contributed by atoms with van der Waals surface area (Å²) in [5, 5.41) is 22.1. The predicted octanol–water partition coefficient (Wildman–Crippen LogP) is 5.30. The Balaban J connectivity index is 1.40. The van der Waals surface area contributed by atoms with Crippen LogP contribution in [0.15, 0.2) is 75.5 Å². The van der Waals surface area contributed by atoms with Gasteiger partial charge in [0.15, 0.2) is 10.1 Å². The number of anilines is 2. The molecule has 3 N–H and O–H groups in total. The highest BCUT2D eigenvalue weighted by atomic mass is 32.2. The number of aryl methyl sites for hydroxylation is 1. The van der Waals surface area contributed by atoms with E-state index in [0.717, 1.165) is 16.8 Å². The predicted molar refractivity (Wildman–Crippen MR) is 165 cm³/mol. The lowest BCUT2D eigenvalue weighted by Crippen LogP contribution is -2.42. The van der Waals surface area contributed by atoms with Crippen LogP contribution < -0.4 is 16.0 Å². The first kappa shape index (κ1) is 30.0. The number of ether oxygens (including phenoxy) is 1. The number of allylic oxidation sites excluding steroid dienone is 3. The number of amides is 1. The van der Waals surface area contributed by atoms with E-state index in [4.69, 9.17) is 10.5 Å². The highest BCUT2D eigenvalue weighted by Crippen LogP contribution is 2.50. The number of benzene rings is 2. The van der Waals surface area contributed by atoms with Gasteiger partial charge in [-0.15, -0.1) is 10.2 Å². The van der Waals surface area contributed by atoms with Crippen LogP contribution in [0, 0.1) is 23.7 Å². The van der Waals surface area contributed by atoms with Crippen LogP contribution in [0.2, 0.25) is 0 Å². The number of nitrogens with zero attached hydrogens (tertiary/aromatic N) is 4. The number of methoxy groups -OCH3 is 1. The normalized spacial score (nSPS) is 17.8. The summed E-state index contributed by atoms with van der Waals surface area (Å²) in [6.07, 6.45) is 0.924. The van der Waals surface area contributed by atoms with Crippen molar-refractivity contribution in [3.63, 3.8) is 0 Å².